The van der Waals surface area contributed by atoms with Gasteiger partial charge in [-0.05, 0) is 60.7 Å². The van der Waals surface area contributed by atoms with E-state index in [2.05, 4.69) is 20.6 Å². The fraction of sp³-hybridized carbons (Fsp3) is 0.407. The van der Waals surface area contributed by atoms with E-state index in [1.165, 1.54) is 36.8 Å². The molecule has 7 nitrogen and oxygen atoms in total. The maximum Gasteiger partial charge on any atom is 0.296 e. The highest BCUT2D eigenvalue weighted by atomic mass is 16.2. The lowest BCUT2D eigenvalue weighted by Crippen LogP contribution is -2.40. The molecule has 1 saturated carbocycles. The van der Waals surface area contributed by atoms with Gasteiger partial charge in [-0.1, -0.05) is 55.5 Å². The number of nitrogens with one attached hydrogen (secondary N) is 2. The minimum absolute atomic E-state index is 0.0252. The second-order valence-electron chi connectivity index (χ2n) is 9.83. The van der Waals surface area contributed by atoms with Crippen LogP contribution in [0.3, 0.4) is 0 Å². The van der Waals surface area contributed by atoms with Gasteiger partial charge in [-0.3, -0.25) is 9.59 Å². The zero-order valence-electron chi connectivity index (χ0n) is 19.2. The van der Waals surface area contributed by atoms with Gasteiger partial charge in [0.15, 0.2) is 5.78 Å². The molecule has 2 aromatic heterocycles. The van der Waals surface area contributed by atoms with Crippen molar-refractivity contribution in [3.8, 4) is 0 Å². The molecule has 0 amide bonds. The van der Waals surface area contributed by atoms with Gasteiger partial charge in [0.2, 0.25) is 0 Å². The maximum atomic E-state index is 13.3. The van der Waals surface area contributed by atoms with E-state index in [0.717, 1.165) is 29.4 Å². The molecule has 3 heterocycles. The van der Waals surface area contributed by atoms with Gasteiger partial charge in [0, 0.05) is 17.3 Å². The van der Waals surface area contributed by atoms with Crippen LogP contribution in [-0.2, 0) is 11.2 Å². The number of aromatic nitrogens is 4. The number of hydrogen-bond acceptors (Lipinski definition) is 5. The van der Waals surface area contributed by atoms with Crippen molar-refractivity contribution >= 4 is 33.6 Å². The molecule has 1 aliphatic heterocycles. The van der Waals surface area contributed by atoms with Crippen LogP contribution in [0.4, 0.5) is 0 Å². The van der Waals surface area contributed by atoms with E-state index in [-0.39, 0.29) is 17.7 Å². The van der Waals surface area contributed by atoms with E-state index in [9.17, 15) is 9.59 Å². The third-order valence-corrected chi connectivity index (χ3v) is 7.71. The molecule has 0 radical (unpaired) electrons. The van der Waals surface area contributed by atoms with Crippen LogP contribution in [0.1, 0.15) is 54.6 Å². The molecule has 2 N–H and O–H groups in total. The smallest absolute Gasteiger partial charge is 0.296 e. The van der Waals surface area contributed by atoms with Crippen molar-refractivity contribution in [2.45, 2.75) is 51.0 Å². The summed E-state index contributed by atoms with van der Waals surface area (Å²) >= 11 is 0. The van der Waals surface area contributed by atoms with Crippen LogP contribution in [0.25, 0.3) is 21.9 Å². The summed E-state index contributed by atoms with van der Waals surface area (Å²) in [5, 5.41) is 12.5. The highest BCUT2D eigenvalue weighted by Crippen LogP contribution is 2.36. The molecule has 0 spiro atoms. The molecule has 4 aromatic rings. The predicted molar refractivity (Wildman–Crippen MR) is 131 cm³/mol. The normalized spacial score (nSPS) is 21.4. The molecule has 2 aliphatic rings. The fourth-order valence-electron chi connectivity index (χ4n) is 6.00. The molecule has 2 fully saturated rings. The first-order valence-corrected chi connectivity index (χ1v) is 12.4. The molecule has 34 heavy (non-hydrogen) atoms. The van der Waals surface area contributed by atoms with Gasteiger partial charge in [-0.2, -0.15) is 4.68 Å². The SMILES string of the molecule is O=C(Cc1ccc2[nH]c(C(=O)n3nnc4ccccc43)cc2c1)[C@H]1NCC[C@H]1C1CCCCC1. The Labute approximate surface area is 197 Å². The summed E-state index contributed by atoms with van der Waals surface area (Å²) in [6.07, 6.45) is 8.00. The van der Waals surface area contributed by atoms with E-state index >= 15 is 0 Å². The Kier molecular flexibility index (Phi) is 5.49. The van der Waals surface area contributed by atoms with Gasteiger partial charge in [-0.15, -0.1) is 5.10 Å². The molecular formula is C27H29N5O2. The molecule has 7 heteroatoms. The molecule has 2 aromatic carbocycles. The molecule has 6 rings (SSSR count). The number of fused-ring (bicyclic) bond motifs is 2. The quantitative estimate of drug-likeness (QED) is 0.469. The molecule has 174 valence electrons. The van der Waals surface area contributed by atoms with Crippen molar-refractivity contribution in [2.24, 2.45) is 11.8 Å². The van der Waals surface area contributed by atoms with Crippen molar-refractivity contribution in [3.63, 3.8) is 0 Å². The van der Waals surface area contributed by atoms with Crippen LogP contribution < -0.4 is 5.32 Å². The van der Waals surface area contributed by atoms with Crippen molar-refractivity contribution in [2.75, 3.05) is 6.54 Å². The average Bonchev–Trinajstić information content (AvgIpc) is 3.62. The van der Waals surface area contributed by atoms with Gasteiger partial charge in [0.05, 0.1) is 11.6 Å². The minimum Gasteiger partial charge on any atom is -0.350 e. The molecule has 1 aliphatic carbocycles. The second-order valence-corrected chi connectivity index (χ2v) is 9.83. The number of Topliss-reactive ketones (excluding diaryl/α,β-unsaturated/α-hetero) is 1. The topological polar surface area (TPSA) is 92.7 Å². The summed E-state index contributed by atoms with van der Waals surface area (Å²) in [5.74, 6) is 1.19. The number of ketones is 1. The Morgan fingerprint density at radius 3 is 2.74 bits per heavy atom. The van der Waals surface area contributed by atoms with Gasteiger partial charge in [0.1, 0.15) is 11.2 Å². The highest BCUT2D eigenvalue weighted by Gasteiger charge is 2.37. The predicted octanol–water partition coefficient (Wildman–Crippen LogP) is 4.27. The van der Waals surface area contributed by atoms with Crippen LogP contribution in [0.5, 0.6) is 0 Å². The molecule has 2 atom stereocenters. The summed E-state index contributed by atoms with van der Waals surface area (Å²) in [6.45, 7) is 0.941. The summed E-state index contributed by atoms with van der Waals surface area (Å²) < 4.78 is 1.32. The van der Waals surface area contributed by atoms with Crippen molar-refractivity contribution in [1.82, 2.24) is 25.3 Å². The number of H-pyrrole nitrogens is 1. The maximum absolute atomic E-state index is 13.3. The highest BCUT2D eigenvalue weighted by molar-refractivity contribution is 6.02. The molecular weight excluding hydrogens is 426 g/mol. The summed E-state index contributed by atoms with van der Waals surface area (Å²) in [7, 11) is 0. The van der Waals surface area contributed by atoms with Crippen LogP contribution in [-0.4, -0.2) is 44.3 Å². The second kappa shape index (κ2) is 8.80. The Morgan fingerprint density at radius 1 is 1.00 bits per heavy atom. The number of para-hydroxylation sites is 1. The van der Waals surface area contributed by atoms with Crippen molar-refractivity contribution in [3.05, 3.63) is 59.8 Å². The van der Waals surface area contributed by atoms with Crippen molar-refractivity contribution in [1.29, 1.82) is 0 Å². The van der Waals surface area contributed by atoms with E-state index in [4.69, 9.17) is 0 Å². The van der Waals surface area contributed by atoms with Crippen LogP contribution >= 0.6 is 0 Å². The lowest BCUT2D eigenvalue weighted by Gasteiger charge is -2.30. The third-order valence-electron chi connectivity index (χ3n) is 7.71. The number of aromatic amines is 1. The fourth-order valence-corrected chi connectivity index (χ4v) is 6.00. The van der Waals surface area contributed by atoms with Gasteiger partial charge in [0.25, 0.3) is 5.91 Å². The first-order chi connectivity index (χ1) is 16.7. The van der Waals surface area contributed by atoms with E-state index in [1.54, 1.807) is 0 Å². The number of hydrogen-bond donors (Lipinski definition) is 2. The number of carbonyl (C=O) groups is 2. The Balaban J connectivity index is 1.21. The molecule has 0 unspecified atom stereocenters. The third kappa shape index (κ3) is 3.84. The summed E-state index contributed by atoms with van der Waals surface area (Å²) in [6, 6.07) is 15.2. The first-order valence-electron chi connectivity index (χ1n) is 12.4. The van der Waals surface area contributed by atoms with Crippen molar-refractivity contribution < 1.29 is 9.59 Å². The Morgan fingerprint density at radius 2 is 1.85 bits per heavy atom. The lowest BCUT2D eigenvalue weighted by molar-refractivity contribution is -0.121. The number of nitrogens with zero attached hydrogens (tertiary/aromatic N) is 3. The number of benzene rings is 2. The zero-order chi connectivity index (χ0) is 23.1. The standard InChI is InChI=1S/C27H29N5O2/c33-25(26-20(12-13-28-26)18-6-2-1-3-7-18)15-17-10-11-21-19(14-17)16-23(29-21)27(34)32-24-9-5-4-8-22(24)30-31-32/h4-5,8-11,14,16,18,20,26,28-29H,1-3,6-7,12-13,15H2/t20-,26-/m0/s1. The van der Waals surface area contributed by atoms with Gasteiger partial charge < -0.3 is 10.3 Å². The Hall–Kier alpha value is -3.32. The summed E-state index contributed by atoms with van der Waals surface area (Å²) in [5.41, 5.74) is 3.65. The zero-order valence-corrected chi connectivity index (χ0v) is 19.2. The first kappa shape index (κ1) is 21.2. The molecule has 1 saturated heterocycles. The monoisotopic (exact) mass is 455 g/mol. The Bertz CT molecular complexity index is 1360. The van der Waals surface area contributed by atoms with E-state index < -0.39 is 0 Å². The van der Waals surface area contributed by atoms with E-state index in [1.807, 2.05) is 48.5 Å². The number of carbonyl (C=O) groups excluding carboxylic acids is 2. The molecule has 0 bridgehead atoms. The van der Waals surface area contributed by atoms with E-state index in [0.29, 0.717) is 35.0 Å². The van der Waals surface area contributed by atoms with Crippen LogP contribution in [0.2, 0.25) is 0 Å². The average molecular weight is 456 g/mol. The minimum atomic E-state index is -0.256. The summed E-state index contributed by atoms with van der Waals surface area (Å²) in [4.78, 5) is 29.5. The number of rotatable bonds is 5. The van der Waals surface area contributed by atoms with Crippen LogP contribution in [0, 0.1) is 11.8 Å². The van der Waals surface area contributed by atoms with Gasteiger partial charge in [-0.25, -0.2) is 0 Å². The van der Waals surface area contributed by atoms with Crippen LogP contribution in [0.15, 0.2) is 48.5 Å². The van der Waals surface area contributed by atoms with Gasteiger partial charge >= 0.3 is 0 Å². The largest absolute Gasteiger partial charge is 0.350 e. The lowest BCUT2D eigenvalue weighted by atomic mass is 9.75.